The molecule has 4 nitrogen and oxygen atoms in total. The summed E-state index contributed by atoms with van der Waals surface area (Å²) >= 11 is 0. The minimum Gasteiger partial charge on any atom is -0.264 e. The molecule has 1 aromatic rings. The Morgan fingerprint density at radius 1 is 1.46 bits per heavy atom. The van der Waals surface area contributed by atoms with Crippen LogP contribution in [0.4, 0.5) is 0 Å². The molecule has 1 heterocycles. The molecule has 0 bridgehead atoms. The molecule has 0 radical (unpaired) electrons. The summed E-state index contributed by atoms with van der Waals surface area (Å²) in [5, 5.41) is 0. The number of aromatic nitrogens is 1. The fourth-order valence-electron chi connectivity index (χ4n) is 1.05. The second kappa shape index (κ2) is 3.74. The van der Waals surface area contributed by atoms with Crippen molar-refractivity contribution in [3.63, 3.8) is 0 Å². The van der Waals surface area contributed by atoms with E-state index in [1.807, 2.05) is 13.0 Å². The summed E-state index contributed by atoms with van der Waals surface area (Å²) in [5.41, 5.74) is 1.82. The van der Waals surface area contributed by atoms with Gasteiger partial charge in [-0.05, 0) is 31.5 Å². The maximum atomic E-state index is 11.1. The Morgan fingerprint density at radius 3 is 2.69 bits per heavy atom. The number of nitrogens with zero attached hydrogens (tertiary/aromatic N) is 2. The summed E-state index contributed by atoms with van der Waals surface area (Å²) in [6, 6.07) is 3.41. The van der Waals surface area contributed by atoms with E-state index in [9.17, 15) is 9.59 Å². The molecule has 66 valence electrons. The van der Waals surface area contributed by atoms with Gasteiger partial charge in [0.2, 0.25) is 6.08 Å². The van der Waals surface area contributed by atoms with E-state index in [0.717, 1.165) is 11.3 Å². The monoisotopic (exact) mass is 176 g/mol. The Bertz CT molecular complexity index is 372. The van der Waals surface area contributed by atoms with Crippen LogP contribution in [0.25, 0.3) is 0 Å². The zero-order chi connectivity index (χ0) is 9.84. The van der Waals surface area contributed by atoms with Crippen LogP contribution in [-0.4, -0.2) is 17.0 Å². The van der Waals surface area contributed by atoms with Gasteiger partial charge in [-0.1, -0.05) is 0 Å². The lowest BCUT2D eigenvalue weighted by atomic mass is 10.2. The third kappa shape index (κ3) is 2.32. The topological polar surface area (TPSA) is 59.4 Å². The summed E-state index contributed by atoms with van der Waals surface area (Å²) in [4.78, 5) is 27.8. The van der Waals surface area contributed by atoms with Gasteiger partial charge >= 0.3 is 5.91 Å². The van der Waals surface area contributed by atoms with Crippen LogP contribution in [0.2, 0.25) is 0 Å². The van der Waals surface area contributed by atoms with Gasteiger partial charge in [0.15, 0.2) is 0 Å². The van der Waals surface area contributed by atoms with Gasteiger partial charge < -0.3 is 0 Å². The van der Waals surface area contributed by atoms with Crippen molar-refractivity contribution in [2.75, 3.05) is 0 Å². The highest BCUT2D eigenvalue weighted by Crippen LogP contribution is 2.04. The predicted molar refractivity (Wildman–Crippen MR) is 46.2 cm³/mol. The number of hydrogen-bond acceptors (Lipinski definition) is 3. The number of rotatable bonds is 1. The Hall–Kier alpha value is -1.80. The van der Waals surface area contributed by atoms with Gasteiger partial charge in [-0.15, -0.1) is 4.99 Å². The van der Waals surface area contributed by atoms with Crippen molar-refractivity contribution in [1.82, 2.24) is 4.98 Å². The SMILES string of the molecule is Cc1cc(C)nc(C(=O)N=C=O)c1. The second-order valence-corrected chi connectivity index (χ2v) is 2.68. The van der Waals surface area contributed by atoms with Gasteiger partial charge in [-0.3, -0.25) is 4.79 Å². The number of pyridine rings is 1. The maximum Gasteiger partial charge on any atom is 0.306 e. The van der Waals surface area contributed by atoms with E-state index in [1.54, 1.807) is 13.0 Å². The van der Waals surface area contributed by atoms with Crippen LogP contribution in [0.5, 0.6) is 0 Å². The molecule has 0 aliphatic heterocycles. The van der Waals surface area contributed by atoms with Gasteiger partial charge in [0.1, 0.15) is 5.69 Å². The van der Waals surface area contributed by atoms with E-state index >= 15 is 0 Å². The number of isocyanates is 1. The third-order valence-electron chi connectivity index (χ3n) is 1.46. The highest BCUT2D eigenvalue weighted by atomic mass is 16.2. The molecular weight excluding hydrogens is 168 g/mol. The van der Waals surface area contributed by atoms with E-state index in [0.29, 0.717) is 0 Å². The van der Waals surface area contributed by atoms with Crippen molar-refractivity contribution in [1.29, 1.82) is 0 Å². The van der Waals surface area contributed by atoms with Gasteiger partial charge in [0.25, 0.3) is 0 Å². The first-order valence-corrected chi connectivity index (χ1v) is 3.71. The molecular formula is C9H8N2O2. The van der Waals surface area contributed by atoms with Gasteiger partial charge in [-0.25, -0.2) is 9.78 Å². The van der Waals surface area contributed by atoms with Crippen LogP contribution in [0, 0.1) is 13.8 Å². The summed E-state index contributed by atoms with van der Waals surface area (Å²) in [6.07, 6.45) is 1.19. The third-order valence-corrected chi connectivity index (χ3v) is 1.46. The molecule has 13 heavy (non-hydrogen) atoms. The largest absolute Gasteiger partial charge is 0.306 e. The molecule has 0 atom stereocenters. The number of carbonyl (C=O) groups excluding carboxylic acids is 2. The molecule has 0 spiro atoms. The first kappa shape index (κ1) is 9.29. The molecule has 0 saturated heterocycles. The number of hydrogen-bond donors (Lipinski definition) is 0. The minimum atomic E-state index is -0.651. The molecule has 0 aliphatic carbocycles. The van der Waals surface area contributed by atoms with Gasteiger partial charge in [0, 0.05) is 5.69 Å². The Morgan fingerprint density at radius 2 is 2.15 bits per heavy atom. The zero-order valence-corrected chi connectivity index (χ0v) is 7.37. The molecule has 0 unspecified atom stereocenters. The Balaban J connectivity index is 3.15. The molecule has 0 saturated carbocycles. The molecule has 0 N–H and O–H groups in total. The second-order valence-electron chi connectivity index (χ2n) is 2.68. The average Bonchev–Trinajstić information content (AvgIpc) is 2.03. The highest BCUT2D eigenvalue weighted by molar-refractivity contribution is 5.95. The Kier molecular flexibility index (Phi) is 2.67. The molecule has 1 rings (SSSR count). The molecule has 1 amide bonds. The van der Waals surface area contributed by atoms with Crippen LogP contribution in [0.1, 0.15) is 21.7 Å². The van der Waals surface area contributed by atoms with E-state index in [-0.39, 0.29) is 5.69 Å². The van der Waals surface area contributed by atoms with Crippen LogP contribution >= 0.6 is 0 Å². The van der Waals surface area contributed by atoms with Crippen molar-refractivity contribution in [2.45, 2.75) is 13.8 Å². The van der Waals surface area contributed by atoms with Crippen LogP contribution in [-0.2, 0) is 4.79 Å². The van der Waals surface area contributed by atoms with E-state index in [4.69, 9.17) is 0 Å². The van der Waals surface area contributed by atoms with Crippen molar-refractivity contribution in [2.24, 2.45) is 4.99 Å². The molecule has 4 heteroatoms. The normalized spacial score (nSPS) is 9.08. The molecule has 0 aliphatic rings. The number of carbonyl (C=O) groups is 1. The van der Waals surface area contributed by atoms with E-state index in [2.05, 4.69) is 9.98 Å². The summed E-state index contributed by atoms with van der Waals surface area (Å²) in [7, 11) is 0. The lowest BCUT2D eigenvalue weighted by molar-refractivity contribution is 0.0998. The van der Waals surface area contributed by atoms with Crippen molar-refractivity contribution >= 4 is 12.0 Å². The number of aryl methyl sites for hydroxylation is 2. The summed E-state index contributed by atoms with van der Waals surface area (Å²) < 4.78 is 0. The quantitative estimate of drug-likeness (QED) is 0.476. The minimum absolute atomic E-state index is 0.181. The van der Waals surface area contributed by atoms with Gasteiger partial charge in [0.05, 0.1) is 0 Å². The van der Waals surface area contributed by atoms with Crippen molar-refractivity contribution < 1.29 is 9.59 Å². The fourth-order valence-corrected chi connectivity index (χ4v) is 1.05. The summed E-state index contributed by atoms with van der Waals surface area (Å²) in [6.45, 7) is 3.62. The van der Waals surface area contributed by atoms with Crippen molar-refractivity contribution in [3.8, 4) is 0 Å². The van der Waals surface area contributed by atoms with E-state index in [1.165, 1.54) is 6.08 Å². The van der Waals surface area contributed by atoms with Crippen LogP contribution in [0.15, 0.2) is 17.1 Å². The number of aliphatic imine (C=N–C) groups is 1. The molecule has 1 aromatic heterocycles. The zero-order valence-electron chi connectivity index (χ0n) is 7.37. The smallest absolute Gasteiger partial charge is 0.264 e. The Labute approximate surface area is 75.3 Å². The summed E-state index contributed by atoms with van der Waals surface area (Å²) in [5.74, 6) is -0.651. The lowest BCUT2D eigenvalue weighted by Gasteiger charge is -1.98. The standard InChI is InChI=1S/C9H8N2O2/c1-6-3-7(2)11-8(4-6)9(13)10-5-12/h3-4H,1-2H3. The first-order chi connectivity index (χ1) is 6.13. The first-order valence-electron chi connectivity index (χ1n) is 3.71. The molecule has 0 fully saturated rings. The predicted octanol–water partition coefficient (Wildman–Crippen LogP) is 1.17. The van der Waals surface area contributed by atoms with Crippen molar-refractivity contribution in [3.05, 3.63) is 29.1 Å². The maximum absolute atomic E-state index is 11.1. The van der Waals surface area contributed by atoms with Crippen LogP contribution < -0.4 is 0 Å². The van der Waals surface area contributed by atoms with Gasteiger partial charge in [-0.2, -0.15) is 0 Å². The highest BCUT2D eigenvalue weighted by Gasteiger charge is 2.06. The molecule has 0 aromatic carbocycles. The average molecular weight is 176 g/mol. The van der Waals surface area contributed by atoms with Crippen LogP contribution in [0.3, 0.4) is 0 Å². The number of amides is 1. The lowest BCUT2D eigenvalue weighted by Crippen LogP contribution is -2.00. The van der Waals surface area contributed by atoms with E-state index < -0.39 is 5.91 Å². The fraction of sp³-hybridized carbons (Fsp3) is 0.222.